The van der Waals surface area contributed by atoms with E-state index in [1.807, 2.05) is 24.3 Å². The van der Waals surface area contributed by atoms with Crippen LogP contribution in [0.25, 0.3) is 0 Å². The largest absolute Gasteiger partial charge is 0.497 e. The molecule has 0 aliphatic carbocycles. The number of sulfonamides is 1. The summed E-state index contributed by atoms with van der Waals surface area (Å²) in [6.45, 7) is 0.904. The standard InChI is InChI=1S/C19H22ClNO4S/c1-24-16-6-8-17(9-7-16)25-18-10-12-21(13-11-18)26(22,23)14-15-4-2-3-5-19(15)20/h2-9,18H,10-14H2,1H3. The molecule has 5 nitrogen and oxygen atoms in total. The fourth-order valence-corrected chi connectivity index (χ4v) is 4.85. The van der Waals surface area contributed by atoms with E-state index in [0.717, 1.165) is 11.5 Å². The maximum absolute atomic E-state index is 12.7. The third-order valence-electron chi connectivity index (χ3n) is 4.45. The number of hydrogen-bond acceptors (Lipinski definition) is 4. The smallest absolute Gasteiger partial charge is 0.218 e. The van der Waals surface area contributed by atoms with Gasteiger partial charge in [-0.1, -0.05) is 29.8 Å². The Balaban J connectivity index is 1.56. The first kappa shape index (κ1) is 19.0. The highest BCUT2D eigenvalue weighted by Gasteiger charge is 2.29. The van der Waals surface area contributed by atoms with Crippen LogP contribution in [0, 0.1) is 0 Å². The maximum Gasteiger partial charge on any atom is 0.218 e. The first-order valence-corrected chi connectivity index (χ1v) is 10.5. The minimum Gasteiger partial charge on any atom is -0.497 e. The minimum atomic E-state index is -3.39. The molecule has 2 aromatic rings. The Morgan fingerprint density at radius 1 is 1.04 bits per heavy atom. The van der Waals surface area contributed by atoms with Crippen molar-refractivity contribution in [3.63, 3.8) is 0 Å². The molecule has 1 fully saturated rings. The van der Waals surface area contributed by atoms with E-state index in [-0.39, 0.29) is 11.9 Å². The van der Waals surface area contributed by atoms with Crippen molar-refractivity contribution < 1.29 is 17.9 Å². The van der Waals surface area contributed by atoms with Gasteiger partial charge < -0.3 is 9.47 Å². The summed E-state index contributed by atoms with van der Waals surface area (Å²) in [4.78, 5) is 0. The summed E-state index contributed by atoms with van der Waals surface area (Å²) < 4.78 is 37.9. The molecule has 0 unspecified atom stereocenters. The van der Waals surface area contributed by atoms with Crippen molar-refractivity contribution in [1.82, 2.24) is 4.31 Å². The number of hydrogen-bond donors (Lipinski definition) is 0. The second-order valence-corrected chi connectivity index (χ2v) is 8.62. The summed E-state index contributed by atoms with van der Waals surface area (Å²) in [5.41, 5.74) is 0.630. The third-order valence-corrected chi connectivity index (χ3v) is 6.65. The number of rotatable bonds is 6. The van der Waals surface area contributed by atoms with Crippen LogP contribution in [-0.2, 0) is 15.8 Å². The van der Waals surface area contributed by atoms with Crippen molar-refractivity contribution in [1.29, 1.82) is 0 Å². The Morgan fingerprint density at radius 2 is 1.65 bits per heavy atom. The molecule has 0 radical (unpaired) electrons. The Morgan fingerprint density at radius 3 is 2.27 bits per heavy atom. The molecule has 26 heavy (non-hydrogen) atoms. The number of benzene rings is 2. The first-order valence-electron chi connectivity index (χ1n) is 8.50. The fourth-order valence-electron chi connectivity index (χ4n) is 2.98. The Labute approximate surface area is 159 Å². The molecular formula is C19H22ClNO4S. The van der Waals surface area contributed by atoms with Crippen LogP contribution in [0.2, 0.25) is 5.02 Å². The molecular weight excluding hydrogens is 374 g/mol. The average Bonchev–Trinajstić information content (AvgIpc) is 2.65. The number of ether oxygens (including phenoxy) is 2. The van der Waals surface area contributed by atoms with Crippen LogP contribution in [0.5, 0.6) is 11.5 Å². The Bertz CT molecular complexity index is 831. The van der Waals surface area contributed by atoms with Gasteiger partial charge in [0.05, 0.1) is 12.9 Å². The van der Waals surface area contributed by atoms with Gasteiger partial charge in [-0.05, 0) is 48.7 Å². The van der Waals surface area contributed by atoms with Crippen molar-refractivity contribution in [2.75, 3.05) is 20.2 Å². The number of methoxy groups -OCH3 is 1. The molecule has 2 aromatic carbocycles. The molecule has 0 N–H and O–H groups in total. The van der Waals surface area contributed by atoms with Gasteiger partial charge in [-0.2, -0.15) is 0 Å². The van der Waals surface area contributed by atoms with Crippen LogP contribution >= 0.6 is 11.6 Å². The zero-order valence-electron chi connectivity index (χ0n) is 14.6. The molecule has 140 valence electrons. The minimum absolute atomic E-state index is 0.00941. The average molecular weight is 396 g/mol. The summed E-state index contributed by atoms with van der Waals surface area (Å²) in [6.07, 6.45) is 1.33. The maximum atomic E-state index is 12.7. The molecule has 0 amide bonds. The van der Waals surface area contributed by atoms with Crippen molar-refractivity contribution in [3.05, 3.63) is 59.1 Å². The molecule has 0 atom stereocenters. The molecule has 7 heteroatoms. The van der Waals surface area contributed by atoms with Gasteiger partial charge in [-0.15, -0.1) is 0 Å². The fraction of sp³-hybridized carbons (Fsp3) is 0.368. The summed E-state index contributed by atoms with van der Waals surface area (Å²) >= 11 is 6.09. The summed E-state index contributed by atoms with van der Waals surface area (Å²) in [5.74, 6) is 1.47. The van der Waals surface area contributed by atoms with Crippen LogP contribution < -0.4 is 9.47 Å². The molecule has 0 spiro atoms. The predicted molar refractivity (Wildman–Crippen MR) is 102 cm³/mol. The topological polar surface area (TPSA) is 55.8 Å². The molecule has 0 saturated carbocycles. The van der Waals surface area contributed by atoms with Crippen molar-refractivity contribution >= 4 is 21.6 Å². The lowest BCUT2D eigenvalue weighted by atomic mass is 10.1. The van der Waals surface area contributed by atoms with Crippen molar-refractivity contribution in [3.8, 4) is 11.5 Å². The molecule has 1 aliphatic heterocycles. The number of piperidine rings is 1. The second-order valence-electron chi connectivity index (χ2n) is 6.24. The lowest BCUT2D eigenvalue weighted by Crippen LogP contribution is -2.42. The van der Waals surface area contributed by atoms with Gasteiger partial charge in [0.2, 0.25) is 10.0 Å². The second kappa shape index (κ2) is 8.29. The van der Waals surface area contributed by atoms with E-state index in [4.69, 9.17) is 21.1 Å². The van der Waals surface area contributed by atoms with Crippen LogP contribution in [0.1, 0.15) is 18.4 Å². The first-order chi connectivity index (χ1) is 12.5. The normalized spacial score (nSPS) is 16.4. The number of halogens is 1. The zero-order valence-corrected chi connectivity index (χ0v) is 16.2. The van der Waals surface area contributed by atoms with E-state index in [1.165, 1.54) is 4.31 Å². The predicted octanol–water partition coefficient (Wildman–Crippen LogP) is 3.72. The summed E-state index contributed by atoms with van der Waals surface area (Å²) in [7, 11) is -1.77. The van der Waals surface area contributed by atoms with E-state index in [2.05, 4.69) is 0 Å². The highest BCUT2D eigenvalue weighted by Crippen LogP contribution is 2.25. The van der Waals surface area contributed by atoms with E-state index < -0.39 is 10.0 Å². The summed E-state index contributed by atoms with van der Waals surface area (Å²) in [6, 6.07) is 14.5. The van der Waals surface area contributed by atoms with Gasteiger partial charge in [0.25, 0.3) is 0 Å². The van der Waals surface area contributed by atoms with Crippen molar-refractivity contribution in [2.45, 2.75) is 24.7 Å². The third kappa shape index (κ3) is 4.69. The molecule has 3 rings (SSSR count). The van der Waals surface area contributed by atoms with E-state index in [0.29, 0.717) is 36.5 Å². The van der Waals surface area contributed by atoms with Gasteiger partial charge >= 0.3 is 0 Å². The highest BCUT2D eigenvalue weighted by atomic mass is 35.5. The van der Waals surface area contributed by atoms with Crippen LogP contribution in [-0.4, -0.2) is 39.0 Å². The van der Waals surface area contributed by atoms with E-state index in [1.54, 1.807) is 31.4 Å². The Kier molecular flexibility index (Phi) is 6.06. The van der Waals surface area contributed by atoms with Crippen LogP contribution in [0.4, 0.5) is 0 Å². The van der Waals surface area contributed by atoms with E-state index in [9.17, 15) is 8.42 Å². The SMILES string of the molecule is COc1ccc(OC2CCN(S(=O)(=O)Cc3ccccc3Cl)CC2)cc1. The molecule has 1 aliphatic rings. The molecule has 1 saturated heterocycles. The number of nitrogens with zero attached hydrogens (tertiary/aromatic N) is 1. The van der Waals surface area contributed by atoms with Gasteiger partial charge in [-0.3, -0.25) is 0 Å². The van der Waals surface area contributed by atoms with Gasteiger partial charge in [0, 0.05) is 18.1 Å². The molecule has 0 aromatic heterocycles. The summed E-state index contributed by atoms with van der Waals surface area (Å²) in [5, 5.41) is 0.480. The monoisotopic (exact) mass is 395 g/mol. The van der Waals surface area contributed by atoms with Gasteiger partial charge in [-0.25, -0.2) is 12.7 Å². The van der Waals surface area contributed by atoms with Gasteiger partial charge in [0.1, 0.15) is 17.6 Å². The zero-order chi connectivity index (χ0) is 18.6. The van der Waals surface area contributed by atoms with E-state index >= 15 is 0 Å². The molecule has 1 heterocycles. The lowest BCUT2D eigenvalue weighted by molar-refractivity contribution is 0.135. The van der Waals surface area contributed by atoms with Crippen LogP contribution in [0.15, 0.2) is 48.5 Å². The lowest BCUT2D eigenvalue weighted by Gasteiger charge is -2.31. The highest BCUT2D eigenvalue weighted by molar-refractivity contribution is 7.88. The van der Waals surface area contributed by atoms with Crippen molar-refractivity contribution in [2.24, 2.45) is 0 Å². The molecule has 0 bridgehead atoms. The Hall–Kier alpha value is -1.76. The van der Waals surface area contributed by atoms with Crippen LogP contribution in [0.3, 0.4) is 0 Å². The quantitative estimate of drug-likeness (QED) is 0.748. The van der Waals surface area contributed by atoms with Gasteiger partial charge in [0.15, 0.2) is 0 Å².